The Kier molecular flexibility index (Phi) is 2.92. The lowest BCUT2D eigenvalue weighted by molar-refractivity contribution is -0.00248. The van der Waals surface area contributed by atoms with Gasteiger partial charge in [0.25, 0.3) is 0 Å². The molecule has 0 aliphatic carbocycles. The third kappa shape index (κ3) is 1.42. The monoisotopic (exact) mass is 166 g/mol. The van der Waals surface area contributed by atoms with Crippen LogP contribution in [0.15, 0.2) is 0 Å². The van der Waals surface area contributed by atoms with Crippen LogP contribution < -0.4 is 0 Å². The molecule has 60 valence electrons. The van der Waals surface area contributed by atoms with Gasteiger partial charge in [0.1, 0.15) is 12.2 Å². The lowest BCUT2D eigenvalue weighted by Gasteiger charge is -2.15. The van der Waals surface area contributed by atoms with Gasteiger partial charge in [0.05, 0.1) is 18.6 Å². The molecule has 4 heteroatoms. The van der Waals surface area contributed by atoms with E-state index in [4.69, 9.17) is 21.1 Å². The van der Waals surface area contributed by atoms with Gasteiger partial charge in [-0.3, -0.25) is 0 Å². The van der Waals surface area contributed by atoms with Gasteiger partial charge in [-0.25, -0.2) is 0 Å². The number of hydrogen-bond acceptors (Lipinski definition) is 3. The number of aliphatic hydroxyl groups is 1. The van der Waals surface area contributed by atoms with Gasteiger partial charge in [-0.05, 0) is 0 Å². The molecular weight excluding hydrogens is 156 g/mol. The first-order valence-electron chi connectivity index (χ1n) is 3.18. The summed E-state index contributed by atoms with van der Waals surface area (Å²) in [4.78, 5) is 0. The Morgan fingerprint density at radius 1 is 1.80 bits per heavy atom. The summed E-state index contributed by atoms with van der Waals surface area (Å²) in [5.74, 6) is 0.371. The van der Waals surface area contributed by atoms with Crippen molar-refractivity contribution in [2.45, 2.75) is 18.3 Å². The quantitative estimate of drug-likeness (QED) is 0.587. The van der Waals surface area contributed by atoms with Crippen LogP contribution in [0.2, 0.25) is 0 Å². The zero-order chi connectivity index (χ0) is 7.56. The van der Waals surface area contributed by atoms with Gasteiger partial charge in [-0.2, -0.15) is 0 Å². The molecule has 3 nitrogen and oxygen atoms in total. The molecule has 1 saturated heterocycles. The molecule has 0 unspecified atom stereocenters. The van der Waals surface area contributed by atoms with Gasteiger partial charge < -0.3 is 14.6 Å². The first-order chi connectivity index (χ1) is 4.79. The maximum atomic E-state index is 9.18. The highest BCUT2D eigenvalue weighted by Crippen LogP contribution is 2.17. The van der Waals surface area contributed by atoms with Gasteiger partial charge in [-0.1, -0.05) is 0 Å². The molecule has 0 spiro atoms. The van der Waals surface area contributed by atoms with Gasteiger partial charge in [0.15, 0.2) is 0 Å². The van der Waals surface area contributed by atoms with Crippen LogP contribution >= 0.6 is 11.6 Å². The molecule has 0 amide bonds. The first-order valence-corrected chi connectivity index (χ1v) is 3.71. The number of aliphatic hydroxyl groups excluding tert-OH is 1. The van der Waals surface area contributed by atoms with Crippen LogP contribution in [0.3, 0.4) is 0 Å². The fourth-order valence-corrected chi connectivity index (χ4v) is 1.37. The fraction of sp³-hybridized carbons (Fsp3) is 1.00. The summed E-state index contributed by atoms with van der Waals surface area (Å²) < 4.78 is 10.1. The molecule has 1 aliphatic heterocycles. The van der Waals surface area contributed by atoms with Crippen molar-refractivity contribution in [2.75, 3.05) is 19.6 Å². The second-order valence-electron chi connectivity index (χ2n) is 2.29. The maximum Gasteiger partial charge on any atom is 0.112 e. The van der Waals surface area contributed by atoms with E-state index in [1.807, 2.05) is 0 Å². The van der Waals surface area contributed by atoms with Crippen LogP contribution in [0.1, 0.15) is 0 Å². The summed E-state index contributed by atoms with van der Waals surface area (Å²) in [6.07, 6.45) is -0.923. The Balaban J connectivity index is 2.45. The third-order valence-electron chi connectivity index (χ3n) is 1.65. The Morgan fingerprint density at radius 3 is 2.90 bits per heavy atom. The van der Waals surface area contributed by atoms with E-state index < -0.39 is 6.10 Å². The van der Waals surface area contributed by atoms with Gasteiger partial charge >= 0.3 is 0 Å². The molecule has 1 fully saturated rings. The van der Waals surface area contributed by atoms with E-state index in [9.17, 15) is 5.11 Å². The molecule has 0 radical (unpaired) electrons. The molecule has 0 bridgehead atoms. The van der Waals surface area contributed by atoms with Crippen molar-refractivity contribution in [1.29, 1.82) is 0 Å². The lowest BCUT2D eigenvalue weighted by atomic mass is 10.2. The average molecular weight is 167 g/mol. The number of rotatable bonds is 2. The van der Waals surface area contributed by atoms with Gasteiger partial charge in [-0.15, -0.1) is 11.6 Å². The molecule has 0 aromatic carbocycles. The van der Waals surface area contributed by atoms with Crippen molar-refractivity contribution in [2.24, 2.45) is 0 Å². The van der Waals surface area contributed by atoms with Crippen LogP contribution in [-0.2, 0) is 9.47 Å². The molecule has 1 rings (SSSR count). The zero-order valence-corrected chi connectivity index (χ0v) is 6.54. The number of ether oxygens (including phenoxy) is 2. The molecule has 0 saturated carbocycles. The Labute approximate surface area is 64.9 Å². The maximum absolute atomic E-state index is 9.18. The van der Waals surface area contributed by atoms with Crippen molar-refractivity contribution in [3.05, 3.63) is 0 Å². The highest BCUT2D eigenvalue weighted by Gasteiger charge is 2.35. The minimum Gasteiger partial charge on any atom is -0.388 e. The largest absolute Gasteiger partial charge is 0.388 e. The number of alkyl halides is 1. The second kappa shape index (κ2) is 3.53. The summed E-state index contributed by atoms with van der Waals surface area (Å²) in [5.41, 5.74) is 0. The van der Waals surface area contributed by atoms with Crippen LogP contribution in [-0.4, -0.2) is 43.0 Å². The Morgan fingerprint density at radius 2 is 2.50 bits per heavy atom. The van der Waals surface area contributed by atoms with E-state index in [2.05, 4.69) is 0 Å². The first kappa shape index (κ1) is 8.27. The van der Waals surface area contributed by atoms with Crippen molar-refractivity contribution < 1.29 is 14.6 Å². The van der Waals surface area contributed by atoms with Crippen molar-refractivity contribution in [1.82, 2.24) is 0 Å². The summed E-state index contributed by atoms with van der Waals surface area (Å²) in [7, 11) is 1.54. The summed E-state index contributed by atoms with van der Waals surface area (Å²) in [6.45, 7) is 0.329. The predicted molar refractivity (Wildman–Crippen MR) is 37.3 cm³/mol. The third-order valence-corrected chi connectivity index (χ3v) is 1.96. The van der Waals surface area contributed by atoms with Gasteiger partial charge in [0.2, 0.25) is 0 Å². The van der Waals surface area contributed by atoms with E-state index in [1.165, 1.54) is 0 Å². The van der Waals surface area contributed by atoms with Crippen LogP contribution in [0.25, 0.3) is 0 Å². The van der Waals surface area contributed by atoms with E-state index in [-0.39, 0.29) is 12.2 Å². The second-order valence-corrected chi connectivity index (χ2v) is 2.60. The van der Waals surface area contributed by atoms with Crippen molar-refractivity contribution >= 4 is 11.6 Å². The smallest absolute Gasteiger partial charge is 0.112 e. The van der Waals surface area contributed by atoms with E-state index in [1.54, 1.807) is 7.11 Å². The summed E-state index contributed by atoms with van der Waals surface area (Å²) >= 11 is 5.53. The van der Waals surface area contributed by atoms with E-state index >= 15 is 0 Å². The predicted octanol–water partition coefficient (Wildman–Crippen LogP) is -0.0001000. The summed E-state index contributed by atoms with van der Waals surface area (Å²) in [5, 5.41) is 9.18. The van der Waals surface area contributed by atoms with Crippen molar-refractivity contribution in [3.8, 4) is 0 Å². The fourth-order valence-electron chi connectivity index (χ4n) is 1.10. The number of hydrogen-bond donors (Lipinski definition) is 1. The normalized spacial score (nSPS) is 40.5. The van der Waals surface area contributed by atoms with Crippen LogP contribution in [0.4, 0.5) is 0 Å². The number of methoxy groups -OCH3 is 1. The molecular formula is C6H11ClO3. The minimum absolute atomic E-state index is 0.151. The lowest BCUT2D eigenvalue weighted by Crippen LogP contribution is -2.32. The topological polar surface area (TPSA) is 38.7 Å². The summed E-state index contributed by atoms with van der Waals surface area (Å²) in [6, 6.07) is 0. The van der Waals surface area contributed by atoms with Crippen LogP contribution in [0.5, 0.6) is 0 Å². The highest BCUT2D eigenvalue weighted by molar-refractivity contribution is 6.18. The standard InChI is InChI=1S/C6H11ClO3/c1-9-6-4(8)3-10-5(6)2-7/h4-6,8H,2-3H2,1H3/t4-,5+,6+/m0/s1. The Hall–Kier alpha value is 0.170. The zero-order valence-electron chi connectivity index (χ0n) is 5.79. The SMILES string of the molecule is CO[C@@H]1[C@@H](O)CO[C@@H]1CCl. The molecule has 0 aromatic rings. The molecule has 3 atom stereocenters. The molecule has 0 aromatic heterocycles. The molecule has 1 heterocycles. The molecule has 1 N–H and O–H groups in total. The van der Waals surface area contributed by atoms with E-state index in [0.29, 0.717) is 12.5 Å². The Bertz CT molecular complexity index is 109. The number of halogens is 1. The van der Waals surface area contributed by atoms with Gasteiger partial charge in [0, 0.05) is 7.11 Å². The van der Waals surface area contributed by atoms with E-state index in [0.717, 1.165) is 0 Å². The average Bonchev–Trinajstić information content (AvgIpc) is 2.30. The van der Waals surface area contributed by atoms with Crippen LogP contribution in [0, 0.1) is 0 Å². The molecule has 1 aliphatic rings. The highest BCUT2D eigenvalue weighted by atomic mass is 35.5. The minimum atomic E-state index is -0.520. The molecule has 10 heavy (non-hydrogen) atoms. The van der Waals surface area contributed by atoms with Crippen molar-refractivity contribution in [3.63, 3.8) is 0 Å².